The lowest BCUT2D eigenvalue weighted by Gasteiger charge is -2.26. The highest BCUT2D eigenvalue weighted by Crippen LogP contribution is 2.47. The second-order valence-electron chi connectivity index (χ2n) is 10.4. The molecule has 1 unspecified atom stereocenters. The van der Waals surface area contributed by atoms with Gasteiger partial charge in [0.1, 0.15) is 29.0 Å². The van der Waals surface area contributed by atoms with Crippen molar-refractivity contribution in [1.82, 2.24) is 5.32 Å². The molecule has 14 heteroatoms. The van der Waals surface area contributed by atoms with Gasteiger partial charge in [-0.3, -0.25) is 25.0 Å². The van der Waals surface area contributed by atoms with Crippen LogP contribution in [0.5, 0.6) is 5.75 Å². The molecule has 0 spiro atoms. The van der Waals surface area contributed by atoms with Gasteiger partial charge < -0.3 is 24.4 Å². The van der Waals surface area contributed by atoms with Gasteiger partial charge in [0.25, 0.3) is 5.69 Å². The van der Waals surface area contributed by atoms with Crippen LogP contribution in [0.15, 0.2) is 6.07 Å². The Morgan fingerprint density at radius 3 is 2.08 bits per heavy atom. The molecule has 0 fully saturated rings. The summed E-state index contributed by atoms with van der Waals surface area (Å²) in [7, 11) is 1.20. The number of nitro groups is 2. The highest BCUT2D eigenvalue weighted by molar-refractivity contribution is 6.00. The summed E-state index contributed by atoms with van der Waals surface area (Å²) in [5.74, 6) is -1.52. The summed E-state index contributed by atoms with van der Waals surface area (Å²) in [6.07, 6.45) is -1.26. The number of amides is 2. The lowest BCUT2D eigenvalue weighted by atomic mass is 10.1. The molecule has 1 aliphatic heterocycles. The second kappa shape index (κ2) is 11.0. The van der Waals surface area contributed by atoms with E-state index < -0.39 is 56.4 Å². The van der Waals surface area contributed by atoms with E-state index in [1.165, 1.54) is 7.11 Å². The van der Waals surface area contributed by atoms with Gasteiger partial charge in [-0.1, -0.05) is 0 Å². The van der Waals surface area contributed by atoms with Crippen LogP contribution >= 0.6 is 0 Å². The number of fused-ring (bicyclic) bond motifs is 1. The van der Waals surface area contributed by atoms with E-state index in [0.29, 0.717) is 0 Å². The molecular weight excluding hydrogens is 492 g/mol. The van der Waals surface area contributed by atoms with Crippen LogP contribution in [0.2, 0.25) is 0 Å². The molecule has 1 aromatic rings. The predicted molar refractivity (Wildman–Crippen MR) is 131 cm³/mol. The summed E-state index contributed by atoms with van der Waals surface area (Å²) < 4.78 is 15.7. The van der Waals surface area contributed by atoms with Crippen molar-refractivity contribution >= 4 is 35.0 Å². The Balaban J connectivity index is 2.32. The van der Waals surface area contributed by atoms with Gasteiger partial charge in [-0.05, 0) is 54.4 Å². The third-order valence-corrected chi connectivity index (χ3v) is 5.09. The Morgan fingerprint density at radius 2 is 1.59 bits per heavy atom. The molecule has 14 nitrogen and oxygen atoms in total. The fourth-order valence-electron chi connectivity index (χ4n) is 3.78. The van der Waals surface area contributed by atoms with Gasteiger partial charge in [-0.2, -0.15) is 0 Å². The number of nitrogens with zero attached hydrogens (tertiary/aromatic N) is 3. The van der Waals surface area contributed by atoms with Gasteiger partial charge >= 0.3 is 17.7 Å². The summed E-state index contributed by atoms with van der Waals surface area (Å²) in [5.41, 5.74) is -2.80. The Bertz CT molecular complexity index is 1100. The Hall–Kier alpha value is -3.97. The number of anilines is 1. The average Bonchev–Trinajstić information content (AvgIpc) is 3.17. The van der Waals surface area contributed by atoms with Gasteiger partial charge in [0.05, 0.1) is 17.0 Å². The van der Waals surface area contributed by atoms with E-state index >= 15 is 0 Å². The van der Waals surface area contributed by atoms with Gasteiger partial charge in [0.2, 0.25) is 11.7 Å². The number of nitrogens with one attached hydrogen (secondary N) is 1. The van der Waals surface area contributed by atoms with E-state index in [-0.39, 0.29) is 42.8 Å². The number of carbonyl (C=O) groups is 3. The van der Waals surface area contributed by atoms with Crippen LogP contribution in [0.1, 0.15) is 59.9 Å². The monoisotopic (exact) mass is 524 g/mol. The zero-order valence-electron chi connectivity index (χ0n) is 21.9. The maximum Gasteiger partial charge on any atom is 0.408 e. The number of nitro benzene ring substituents is 2. The molecule has 204 valence electrons. The van der Waals surface area contributed by atoms with Crippen LogP contribution in [0.3, 0.4) is 0 Å². The minimum atomic E-state index is -1.23. The molecule has 0 saturated carbocycles. The van der Waals surface area contributed by atoms with Crippen molar-refractivity contribution in [3.63, 3.8) is 0 Å². The maximum atomic E-state index is 13.2. The van der Waals surface area contributed by atoms with Crippen LogP contribution in [0.4, 0.5) is 21.9 Å². The molecule has 2 rings (SSSR count). The number of carbonyl (C=O) groups excluding carboxylic acids is 3. The van der Waals surface area contributed by atoms with E-state index in [1.54, 1.807) is 41.5 Å². The number of alkyl carbamates (subject to hydrolysis) is 1. The maximum absolute atomic E-state index is 13.2. The smallest absolute Gasteiger partial charge is 0.408 e. The molecule has 2 amide bonds. The van der Waals surface area contributed by atoms with Crippen LogP contribution < -0.4 is 15.0 Å². The normalized spacial score (nSPS) is 13.9. The van der Waals surface area contributed by atoms with Crippen LogP contribution in [0, 0.1) is 20.2 Å². The number of hydrogen-bond acceptors (Lipinski definition) is 10. The topological polar surface area (TPSA) is 180 Å². The van der Waals surface area contributed by atoms with E-state index in [2.05, 4.69) is 5.32 Å². The number of hydrogen-bond donors (Lipinski definition) is 1. The lowest BCUT2D eigenvalue weighted by Crippen LogP contribution is -2.46. The fourth-order valence-corrected chi connectivity index (χ4v) is 3.78. The first kappa shape index (κ1) is 29.3. The van der Waals surface area contributed by atoms with Gasteiger partial charge in [0, 0.05) is 18.5 Å². The predicted octanol–water partition coefficient (Wildman–Crippen LogP) is 3.42. The van der Waals surface area contributed by atoms with E-state index in [1.807, 2.05) is 0 Å². The summed E-state index contributed by atoms with van der Waals surface area (Å²) >= 11 is 0. The first-order valence-electron chi connectivity index (χ1n) is 11.5. The second-order valence-corrected chi connectivity index (χ2v) is 10.4. The summed E-state index contributed by atoms with van der Waals surface area (Å²) in [5, 5.41) is 25.5. The summed E-state index contributed by atoms with van der Waals surface area (Å²) in [6.45, 7) is 9.90. The standard InChI is InChI=1S/C23H32N4O10/c1-22(2,3)36-20(29)14(24-21(30)37-23(4,5)6)8-9-17(28)25-11-10-13-18(25)15(26(31)32)12-16(27(33)34)19(13)35-7/h12,14H,8-11H2,1-7H3,(H,24,30). The Labute approximate surface area is 213 Å². The van der Waals surface area contributed by atoms with E-state index in [0.717, 1.165) is 11.0 Å². The van der Waals surface area contributed by atoms with Crippen molar-refractivity contribution in [3.8, 4) is 5.75 Å². The zero-order chi connectivity index (χ0) is 28.3. The lowest BCUT2D eigenvalue weighted by molar-refractivity contribution is -0.394. The molecule has 0 aliphatic carbocycles. The van der Waals surface area contributed by atoms with Crippen molar-refractivity contribution in [2.45, 2.75) is 78.0 Å². The van der Waals surface area contributed by atoms with Crippen LogP contribution in [-0.2, 0) is 25.5 Å². The molecule has 1 heterocycles. The van der Waals surface area contributed by atoms with Crippen molar-refractivity contribution in [1.29, 1.82) is 0 Å². The van der Waals surface area contributed by atoms with E-state index in [9.17, 15) is 34.6 Å². The fraction of sp³-hybridized carbons (Fsp3) is 0.609. The van der Waals surface area contributed by atoms with E-state index in [4.69, 9.17) is 14.2 Å². The third kappa shape index (κ3) is 7.51. The highest BCUT2D eigenvalue weighted by atomic mass is 16.6. The molecule has 0 saturated heterocycles. The molecule has 37 heavy (non-hydrogen) atoms. The first-order chi connectivity index (χ1) is 16.9. The average molecular weight is 525 g/mol. The molecule has 1 aliphatic rings. The number of esters is 1. The quantitative estimate of drug-likeness (QED) is 0.301. The van der Waals surface area contributed by atoms with Gasteiger partial charge in [-0.25, -0.2) is 9.59 Å². The minimum absolute atomic E-state index is 0.0170. The molecular formula is C23H32N4O10. The highest BCUT2D eigenvalue weighted by Gasteiger charge is 2.39. The molecule has 0 bridgehead atoms. The zero-order valence-corrected chi connectivity index (χ0v) is 21.9. The Morgan fingerprint density at radius 1 is 1.03 bits per heavy atom. The van der Waals surface area contributed by atoms with Crippen molar-refractivity contribution in [2.75, 3.05) is 18.6 Å². The van der Waals surface area contributed by atoms with Gasteiger partial charge in [-0.15, -0.1) is 0 Å². The summed E-state index contributed by atoms with van der Waals surface area (Å²) in [6, 6.07) is -0.474. The molecule has 1 atom stereocenters. The number of benzene rings is 1. The largest absolute Gasteiger partial charge is 0.490 e. The van der Waals surface area contributed by atoms with Crippen LogP contribution in [0.25, 0.3) is 0 Å². The van der Waals surface area contributed by atoms with Crippen LogP contribution in [-0.4, -0.2) is 58.7 Å². The SMILES string of the molecule is COc1c([N+](=O)[O-])cc([N+](=O)[O-])c2c1CCN2C(=O)CCC(NC(=O)OC(C)(C)C)C(=O)OC(C)(C)C. The number of ether oxygens (including phenoxy) is 3. The molecule has 1 aromatic carbocycles. The minimum Gasteiger partial charge on any atom is -0.490 e. The molecule has 0 aromatic heterocycles. The van der Waals surface area contributed by atoms with Crippen molar-refractivity contribution in [2.24, 2.45) is 0 Å². The first-order valence-corrected chi connectivity index (χ1v) is 11.5. The number of rotatable bonds is 8. The summed E-state index contributed by atoms with van der Waals surface area (Å²) in [4.78, 5) is 60.9. The van der Waals surface area contributed by atoms with Gasteiger partial charge in [0.15, 0.2) is 0 Å². The van der Waals surface area contributed by atoms with Crippen molar-refractivity contribution < 1.29 is 38.4 Å². The number of methoxy groups -OCH3 is 1. The molecule has 0 radical (unpaired) electrons. The Kier molecular flexibility index (Phi) is 8.67. The molecule has 1 N–H and O–H groups in total. The third-order valence-electron chi connectivity index (χ3n) is 5.09. The van der Waals surface area contributed by atoms with Crippen molar-refractivity contribution in [3.05, 3.63) is 31.9 Å².